The van der Waals surface area contributed by atoms with E-state index in [1.165, 1.54) is 0 Å². The lowest BCUT2D eigenvalue weighted by Gasteiger charge is -2.64. The lowest BCUT2D eigenvalue weighted by Crippen LogP contribution is -2.72. The molecule has 2 saturated carbocycles. The molecule has 0 aromatic heterocycles. The van der Waals surface area contributed by atoms with Gasteiger partial charge >= 0.3 is 0 Å². The SMILES string of the molecule is CC1(C)CCC[C@@]2(C)[C@H]1CC[C@](C#N)(O[Si](C)(C)C)[C@]2(F)CO[Si](C)(C)C. The Labute approximate surface area is 168 Å². The van der Waals surface area contributed by atoms with Crippen molar-refractivity contribution in [2.45, 2.75) is 103 Å². The smallest absolute Gasteiger partial charge is 0.186 e. The molecule has 2 aliphatic carbocycles. The number of halogens is 1. The molecule has 0 saturated heterocycles. The summed E-state index contributed by atoms with van der Waals surface area (Å²) >= 11 is 0. The van der Waals surface area contributed by atoms with Crippen LogP contribution in [0.25, 0.3) is 0 Å². The molecule has 0 aromatic rings. The number of fused-ring (bicyclic) bond motifs is 1. The zero-order valence-corrected chi connectivity index (χ0v) is 21.0. The lowest BCUT2D eigenvalue weighted by atomic mass is 9.44. The van der Waals surface area contributed by atoms with Crippen molar-refractivity contribution in [2.75, 3.05) is 6.61 Å². The number of rotatable bonds is 5. The van der Waals surface area contributed by atoms with Gasteiger partial charge in [-0.2, -0.15) is 5.26 Å². The molecule has 0 N–H and O–H groups in total. The number of hydrogen-bond acceptors (Lipinski definition) is 3. The summed E-state index contributed by atoms with van der Waals surface area (Å²) in [4.78, 5) is 0. The van der Waals surface area contributed by atoms with Crippen molar-refractivity contribution in [3.8, 4) is 6.07 Å². The molecule has 0 amide bonds. The molecular weight excluding hydrogens is 373 g/mol. The molecule has 0 heterocycles. The van der Waals surface area contributed by atoms with Gasteiger partial charge in [-0.15, -0.1) is 0 Å². The molecule has 0 bridgehead atoms. The monoisotopic (exact) mass is 413 g/mol. The minimum Gasteiger partial charge on any atom is -0.414 e. The van der Waals surface area contributed by atoms with Crippen LogP contribution in [0, 0.1) is 28.1 Å². The zero-order chi connectivity index (χ0) is 20.9. The number of nitrogens with zero attached hydrogens (tertiary/aromatic N) is 1. The highest BCUT2D eigenvalue weighted by Gasteiger charge is 2.71. The van der Waals surface area contributed by atoms with Crippen LogP contribution in [0.4, 0.5) is 4.39 Å². The molecule has 27 heavy (non-hydrogen) atoms. The fraction of sp³-hybridized carbons (Fsp3) is 0.952. The van der Waals surface area contributed by atoms with Gasteiger partial charge in [-0.05, 0) is 76.3 Å². The van der Waals surface area contributed by atoms with Crippen molar-refractivity contribution >= 4 is 16.6 Å². The molecule has 6 heteroatoms. The molecule has 0 spiro atoms. The van der Waals surface area contributed by atoms with Crippen molar-refractivity contribution in [3.05, 3.63) is 0 Å². The van der Waals surface area contributed by atoms with Gasteiger partial charge in [0.1, 0.15) is 6.07 Å². The number of hydrogen-bond donors (Lipinski definition) is 0. The highest BCUT2D eigenvalue weighted by atomic mass is 28.4. The number of nitriles is 1. The summed E-state index contributed by atoms with van der Waals surface area (Å²) in [5.74, 6) is 0.237. The second-order valence-electron chi connectivity index (χ2n) is 11.7. The zero-order valence-electron chi connectivity index (χ0n) is 19.0. The van der Waals surface area contributed by atoms with Crippen LogP contribution in [0.3, 0.4) is 0 Å². The van der Waals surface area contributed by atoms with Crippen LogP contribution < -0.4 is 0 Å². The van der Waals surface area contributed by atoms with Gasteiger partial charge in [-0.25, -0.2) is 4.39 Å². The van der Waals surface area contributed by atoms with E-state index in [4.69, 9.17) is 8.85 Å². The third kappa shape index (κ3) is 4.08. The van der Waals surface area contributed by atoms with Crippen molar-refractivity contribution < 1.29 is 13.2 Å². The van der Waals surface area contributed by atoms with Crippen LogP contribution >= 0.6 is 0 Å². The highest BCUT2D eigenvalue weighted by Crippen LogP contribution is 2.66. The van der Waals surface area contributed by atoms with E-state index < -0.39 is 33.3 Å². The second-order valence-corrected chi connectivity index (χ2v) is 20.6. The van der Waals surface area contributed by atoms with E-state index in [1.54, 1.807) is 0 Å². The Kier molecular flexibility index (Phi) is 5.92. The van der Waals surface area contributed by atoms with Gasteiger partial charge in [0.25, 0.3) is 0 Å². The standard InChI is InChI=1S/C21H40FNO2Si2/c1-18(2)12-10-13-19(3)17(18)11-14-20(15-23,25-27(7,8)9)21(19,22)16-24-26(4,5)6/h17H,10-14,16H2,1-9H3/t17-,19-,20+,21-/m0/s1. The summed E-state index contributed by atoms with van der Waals surface area (Å²) in [7, 11) is -4.07. The van der Waals surface area contributed by atoms with Gasteiger partial charge < -0.3 is 8.85 Å². The van der Waals surface area contributed by atoms with E-state index in [9.17, 15) is 5.26 Å². The minimum atomic E-state index is -2.13. The topological polar surface area (TPSA) is 42.2 Å². The molecule has 0 radical (unpaired) electrons. The first-order valence-electron chi connectivity index (χ1n) is 10.5. The largest absolute Gasteiger partial charge is 0.414 e. The van der Waals surface area contributed by atoms with Gasteiger partial charge in [0.05, 0.1) is 6.61 Å². The summed E-state index contributed by atoms with van der Waals surface area (Å²) in [5, 5.41) is 10.3. The summed E-state index contributed by atoms with van der Waals surface area (Å²) in [5.41, 5.74) is -3.74. The third-order valence-electron chi connectivity index (χ3n) is 6.93. The molecule has 0 aliphatic heterocycles. The Hall–Kier alpha value is -0.226. The average molecular weight is 414 g/mol. The Balaban J connectivity index is 2.60. The highest BCUT2D eigenvalue weighted by molar-refractivity contribution is 6.70. The first-order valence-corrected chi connectivity index (χ1v) is 17.3. The van der Waals surface area contributed by atoms with E-state index in [-0.39, 0.29) is 17.9 Å². The van der Waals surface area contributed by atoms with Crippen molar-refractivity contribution in [1.29, 1.82) is 5.26 Å². The van der Waals surface area contributed by atoms with Crippen LogP contribution in [0.1, 0.15) is 52.9 Å². The molecule has 2 fully saturated rings. The van der Waals surface area contributed by atoms with E-state index in [0.717, 1.165) is 25.7 Å². The van der Waals surface area contributed by atoms with Crippen LogP contribution in [-0.2, 0) is 8.85 Å². The third-order valence-corrected chi connectivity index (χ3v) is 8.90. The molecule has 2 aliphatic rings. The van der Waals surface area contributed by atoms with Crippen LogP contribution in [0.5, 0.6) is 0 Å². The maximum Gasteiger partial charge on any atom is 0.186 e. The minimum absolute atomic E-state index is 0.0240. The van der Waals surface area contributed by atoms with Gasteiger partial charge in [0, 0.05) is 5.41 Å². The van der Waals surface area contributed by atoms with E-state index in [1.807, 2.05) is 19.6 Å². The van der Waals surface area contributed by atoms with Crippen LogP contribution in [0.2, 0.25) is 39.3 Å². The van der Waals surface area contributed by atoms with Crippen molar-refractivity contribution in [2.24, 2.45) is 16.7 Å². The molecule has 156 valence electrons. The predicted molar refractivity (Wildman–Crippen MR) is 114 cm³/mol. The summed E-state index contributed by atoms with van der Waals surface area (Å²) in [6, 6.07) is 2.36. The Bertz CT molecular complexity index is 607. The summed E-state index contributed by atoms with van der Waals surface area (Å²) < 4.78 is 30.0. The van der Waals surface area contributed by atoms with Crippen molar-refractivity contribution in [1.82, 2.24) is 0 Å². The normalized spacial score (nSPS) is 39.5. The van der Waals surface area contributed by atoms with Gasteiger partial charge in [0.2, 0.25) is 0 Å². The molecular formula is C21H40FNO2Si2. The molecule has 0 unspecified atom stereocenters. The van der Waals surface area contributed by atoms with Crippen LogP contribution in [-0.4, -0.2) is 34.5 Å². The van der Waals surface area contributed by atoms with Gasteiger partial charge in [-0.3, -0.25) is 0 Å². The first-order chi connectivity index (χ1) is 12.0. The molecule has 4 atom stereocenters. The van der Waals surface area contributed by atoms with Crippen LogP contribution in [0.15, 0.2) is 0 Å². The van der Waals surface area contributed by atoms with Gasteiger partial charge in [0.15, 0.2) is 27.9 Å². The quantitative estimate of drug-likeness (QED) is 0.498. The lowest BCUT2D eigenvalue weighted by molar-refractivity contribution is -0.227. The van der Waals surface area contributed by atoms with E-state index in [2.05, 4.69) is 46.5 Å². The van der Waals surface area contributed by atoms with E-state index in [0.29, 0.717) is 6.42 Å². The molecule has 2 rings (SSSR count). The fourth-order valence-electron chi connectivity index (χ4n) is 5.73. The predicted octanol–water partition coefficient (Wildman–Crippen LogP) is 6.29. The number of alkyl halides is 1. The van der Waals surface area contributed by atoms with Crippen molar-refractivity contribution in [3.63, 3.8) is 0 Å². The Morgan fingerprint density at radius 2 is 1.59 bits per heavy atom. The maximum atomic E-state index is 17.4. The fourth-order valence-corrected chi connectivity index (χ4v) is 7.72. The maximum absolute atomic E-state index is 17.4. The summed E-state index contributed by atoms with van der Waals surface area (Å²) in [6.07, 6.45) is 4.22. The second kappa shape index (κ2) is 6.93. The summed E-state index contributed by atoms with van der Waals surface area (Å²) in [6.45, 7) is 19.0. The molecule has 3 nitrogen and oxygen atoms in total. The van der Waals surface area contributed by atoms with E-state index >= 15 is 4.39 Å². The van der Waals surface area contributed by atoms with Gasteiger partial charge in [-0.1, -0.05) is 27.2 Å². The average Bonchev–Trinajstić information content (AvgIpc) is 2.47. The molecule has 0 aromatic carbocycles. The Morgan fingerprint density at radius 3 is 2.07 bits per heavy atom. The first kappa shape index (κ1) is 23.1. The Morgan fingerprint density at radius 1 is 1.00 bits per heavy atom.